The Kier molecular flexibility index (Phi) is 3.31. The number of aromatic amines is 1. The largest absolute Gasteiger partial charge is 0.507 e. The Balaban J connectivity index is 2.12. The van der Waals surface area contributed by atoms with E-state index in [1.54, 1.807) is 24.4 Å². The lowest BCUT2D eigenvalue weighted by molar-refractivity contribution is 0.474. The van der Waals surface area contributed by atoms with Gasteiger partial charge in [0.05, 0.1) is 16.1 Å². The van der Waals surface area contributed by atoms with E-state index in [0.717, 1.165) is 33.0 Å². The standard InChI is InChI=1S/C15H13N3O2S/c1-8-12(16-7-10-5-3-4-6-11(10)19)9(2)17-14-13(8)21-15(20)18-14/h3-7,19H,1-2H3,(H,17,18,20). The van der Waals surface area contributed by atoms with E-state index in [1.807, 2.05) is 19.9 Å². The van der Waals surface area contributed by atoms with Gasteiger partial charge in [0, 0.05) is 11.8 Å². The summed E-state index contributed by atoms with van der Waals surface area (Å²) in [5, 5.41) is 9.75. The number of phenols is 1. The predicted octanol–water partition coefficient (Wildman–Crippen LogP) is 3.06. The molecule has 0 atom stereocenters. The SMILES string of the molecule is Cc1nc2[nH]c(=O)sc2c(C)c1N=Cc1ccccc1O. The highest BCUT2D eigenvalue weighted by atomic mass is 32.1. The lowest BCUT2D eigenvalue weighted by Gasteiger charge is -2.05. The van der Waals surface area contributed by atoms with Crippen molar-refractivity contribution in [2.45, 2.75) is 13.8 Å². The van der Waals surface area contributed by atoms with Gasteiger partial charge >= 0.3 is 4.87 Å². The molecule has 6 heteroatoms. The molecule has 0 aliphatic heterocycles. The molecular formula is C15H13N3O2S. The van der Waals surface area contributed by atoms with Crippen LogP contribution < -0.4 is 4.87 Å². The minimum atomic E-state index is -0.123. The molecule has 3 aromatic rings. The van der Waals surface area contributed by atoms with Gasteiger partial charge in [0.1, 0.15) is 5.75 Å². The molecule has 1 aromatic carbocycles. The molecule has 0 amide bonds. The summed E-state index contributed by atoms with van der Waals surface area (Å²) in [5.74, 6) is 0.178. The zero-order valence-corrected chi connectivity index (χ0v) is 12.4. The van der Waals surface area contributed by atoms with Gasteiger partial charge in [-0.2, -0.15) is 0 Å². The van der Waals surface area contributed by atoms with Crippen LogP contribution in [0.3, 0.4) is 0 Å². The fourth-order valence-electron chi connectivity index (χ4n) is 2.17. The van der Waals surface area contributed by atoms with Crippen molar-refractivity contribution in [3.05, 3.63) is 50.8 Å². The normalized spacial score (nSPS) is 11.5. The monoisotopic (exact) mass is 299 g/mol. The number of rotatable bonds is 2. The second kappa shape index (κ2) is 5.14. The topological polar surface area (TPSA) is 78.3 Å². The number of nitrogens with one attached hydrogen (secondary N) is 1. The molecule has 0 spiro atoms. The number of H-pyrrole nitrogens is 1. The Hall–Kier alpha value is -2.47. The van der Waals surface area contributed by atoms with Gasteiger partial charge in [-0.15, -0.1) is 0 Å². The molecular weight excluding hydrogens is 286 g/mol. The van der Waals surface area contributed by atoms with Gasteiger partial charge < -0.3 is 5.11 Å². The number of benzene rings is 1. The number of fused-ring (bicyclic) bond motifs is 1. The quantitative estimate of drug-likeness (QED) is 0.714. The first-order valence-corrected chi connectivity index (χ1v) is 7.20. The van der Waals surface area contributed by atoms with Crippen molar-refractivity contribution in [1.82, 2.24) is 9.97 Å². The Morgan fingerprint density at radius 1 is 1.33 bits per heavy atom. The molecule has 0 fully saturated rings. The van der Waals surface area contributed by atoms with Crippen molar-refractivity contribution >= 4 is 33.6 Å². The maximum absolute atomic E-state index is 11.4. The number of hydrogen-bond acceptors (Lipinski definition) is 5. The number of aromatic hydroxyl groups is 1. The third-order valence-corrected chi connectivity index (χ3v) is 4.21. The van der Waals surface area contributed by atoms with Gasteiger partial charge in [-0.3, -0.25) is 14.8 Å². The Morgan fingerprint density at radius 2 is 2.10 bits per heavy atom. The lowest BCUT2D eigenvalue weighted by atomic mass is 10.2. The Morgan fingerprint density at radius 3 is 2.86 bits per heavy atom. The van der Waals surface area contributed by atoms with Crippen LogP contribution in [0.2, 0.25) is 0 Å². The van der Waals surface area contributed by atoms with Crippen LogP contribution in [-0.2, 0) is 0 Å². The van der Waals surface area contributed by atoms with Crippen LogP contribution in [0.5, 0.6) is 5.75 Å². The van der Waals surface area contributed by atoms with Crippen molar-refractivity contribution < 1.29 is 5.11 Å². The van der Waals surface area contributed by atoms with Gasteiger partial charge in [0.25, 0.3) is 0 Å². The number of aryl methyl sites for hydroxylation is 2. The summed E-state index contributed by atoms with van der Waals surface area (Å²) in [6.07, 6.45) is 1.60. The van der Waals surface area contributed by atoms with E-state index in [0.29, 0.717) is 11.2 Å². The van der Waals surface area contributed by atoms with Gasteiger partial charge in [-0.05, 0) is 31.5 Å². The summed E-state index contributed by atoms with van der Waals surface area (Å²) in [6.45, 7) is 3.76. The minimum absolute atomic E-state index is 0.123. The second-order valence-corrected chi connectivity index (χ2v) is 5.66. The Labute approximate surface area is 124 Å². The van der Waals surface area contributed by atoms with Crippen LogP contribution >= 0.6 is 11.3 Å². The molecule has 0 aliphatic rings. The zero-order chi connectivity index (χ0) is 15.0. The zero-order valence-electron chi connectivity index (χ0n) is 11.5. The first kappa shape index (κ1) is 13.5. The van der Waals surface area contributed by atoms with Crippen LogP contribution in [0.25, 0.3) is 10.3 Å². The van der Waals surface area contributed by atoms with E-state index >= 15 is 0 Å². The Bertz CT molecular complexity index is 909. The minimum Gasteiger partial charge on any atom is -0.507 e. The number of aliphatic imine (C=N–C) groups is 1. The first-order valence-electron chi connectivity index (χ1n) is 6.38. The van der Waals surface area contributed by atoms with Gasteiger partial charge in [0.2, 0.25) is 0 Å². The summed E-state index contributed by atoms with van der Waals surface area (Å²) in [5.41, 5.74) is 3.61. The van der Waals surface area contributed by atoms with E-state index in [1.165, 1.54) is 0 Å². The molecule has 2 N–H and O–H groups in total. The molecule has 0 saturated carbocycles. The second-order valence-electron chi connectivity index (χ2n) is 4.68. The fraction of sp³-hybridized carbons (Fsp3) is 0.133. The number of aromatic nitrogens is 2. The van der Waals surface area contributed by atoms with Crippen LogP contribution in [-0.4, -0.2) is 21.3 Å². The van der Waals surface area contributed by atoms with Gasteiger partial charge in [-0.25, -0.2) is 4.98 Å². The lowest BCUT2D eigenvalue weighted by Crippen LogP contribution is -1.92. The van der Waals surface area contributed by atoms with E-state index in [9.17, 15) is 9.90 Å². The number of hydrogen-bond donors (Lipinski definition) is 2. The van der Waals surface area contributed by atoms with E-state index < -0.39 is 0 Å². The molecule has 3 rings (SSSR count). The molecule has 2 heterocycles. The van der Waals surface area contributed by atoms with Crippen molar-refractivity contribution in [2.75, 3.05) is 0 Å². The molecule has 0 aliphatic carbocycles. The third kappa shape index (κ3) is 2.45. The number of para-hydroxylation sites is 1. The summed E-state index contributed by atoms with van der Waals surface area (Å²) in [7, 11) is 0. The van der Waals surface area contributed by atoms with E-state index in [2.05, 4.69) is 15.0 Å². The van der Waals surface area contributed by atoms with Crippen LogP contribution in [0, 0.1) is 13.8 Å². The smallest absolute Gasteiger partial charge is 0.306 e. The van der Waals surface area contributed by atoms with Gasteiger partial charge in [0.15, 0.2) is 5.65 Å². The van der Waals surface area contributed by atoms with Crippen molar-refractivity contribution in [3.63, 3.8) is 0 Å². The van der Waals surface area contributed by atoms with E-state index in [4.69, 9.17) is 0 Å². The third-order valence-electron chi connectivity index (χ3n) is 3.22. The van der Waals surface area contributed by atoms with Crippen LogP contribution in [0.15, 0.2) is 34.1 Å². The van der Waals surface area contributed by atoms with E-state index in [-0.39, 0.29) is 10.6 Å². The number of phenolic OH excluding ortho intramolecular Hbond substituents is 1. The van der Waals surface area contributed by atoms with Crippen molar-refractivity contribution in [2.24, 2.45) is 4.99 Å². The molecule has 106 valence electrons. The van der Waals surface area contributed by atoms with Crippen molar-refractivity contribution in [1.29, 1.82) is 0 Å². The molecule has 0 radical (unpaired) electrons. The summed E-state index contributed by atoms with van der Waals surface area (Å²) in [4.78, 5) is 22.8. The maximum Gasteiger partial charge on any atom is 0.306 e. The highest BCUT2D eigenvalue weighted by molar-refractivity contribution is 7.16. The maximum atomic E-state index is 11.4. The molecule has 2 aromatic heterocycles. The highest BCUT2D eigenvalue weighted by Crippen LogP contribution is 2.30. The predicted molar refractivity (Wildman–Crippen MR) is 85.1 cm³/mol. The van der Waals surface area contributed by atoms with Crippen molar-refractivity contribution in [3.8, 4) is 5.75 Å². The molecule has 5 nitrogen and oxygen atoms in total. The number of thiazole rings is 1. The molecule has 0 saturated heterocycles. The first-order chi connectivity index (χ1) is 10.1. The number of nitrogens with zero attached hydrogens (tertiary/aromatic N) is 2. The average molecular weight is 299 g/mol. The summed E-state index contributed by atoms with van der Waals surface area (Å²) < 4.78 is 0.815. The molecule has 0 bridgehead atoms. The van der Waals surface area contributed by atoms with Crippen LogP contribution in [0.1, 0.15) is 16.8 Å². The summed E-state index contributed by atoms with van der Waals surface area (Å²) >= 11 is 1.13. The number of pyridine rings is 1. The molecule has 21 heavy (non-hydrogen) atoms. The van der Waals surface area contributed by atoms with Gasteiger partial charge in [-0.1, -0.05) is 23.5 Å². The fourth-order valence-corrected chi connectivity index (χ4v) is 2.95. The summed E-state index contributed by atoms with van der Waals surface area (Å²) in [6, 6.07) is 6.98. The average Bonchev–Trinajstić information content (AvgIpc) is 2.81. The van der Waals surface area contributed by atoms with Crippen LogP contribution in [0.4, 0.5) is 5.69 Å². The molecule has 0 unspecified atom stereocenters. The highest BCUT2D eigenvalue weighted by Gasteiger charge is 2.11.